The summed E-state index contributed by atoms with van der Waals surface area (Å²) in [5, 5.41) is 18.1. The first-order valence-electron chi connectivity index (χ1n) is 5.45. The van der Waals surface area contributed by atoms with Crippen LogP contribution < -0.4 is 16.0 Å². The van der Waals surface area contributed by atoms with Crippen molar-refractivity contribution in [3.8, 4) is 0 Å². The van der Waals surface area contributed by atoms with Gasteiger partial charge in [0, 0.05) is 12.3 Å². The largest absolute Gasteiger partial charge is 0.310 e. The predicted octanol–water partition coefficient (Wildman–Crippen LogP) is 0.210. The maximum atomic E-state index is 12.1. The van der Waals surface area contributed by atoms with Crippen molar-refractivity contribution < 1.29 is 13.3 Å². The summed E-state index contributed by atoms with van der Waals surface area (Å²) in [5.74, 6) is 5.13. The predicted molar refractivity (Wildman–Crippen MR) is 74.8 cm³/mol. The van der Waals surface area contributed by atoms with E-state index < -0.39 is 20.6 Å². The summed E-state index contributed by atoms with van der Waals surface area (Å²) in [6, 6.07) is 4.15. The van der Waals surface area contributed by atoms with E-state index in [9.17, 15) is 18.5 Å². The van der Waals surface area contributed by atoms with E-state index >= 15 is 0 Å². The third kappa shape index (κ3) is 3.49. The van der Waals surface area contributed by atoms with Crippen LogP contribution in [-0.2, 0) is 16.6 Å². The highest BCUT2D eigenvalue weighted by Crippen LogP contribution is 2.36. The number of thiophene rings is 1. The first-order chi connectivity index (χ1) is 9.94. The number of hydrogen-bond donors (Lipinski definition) is 3. The number of aromatic nitrogens is 2. The molecule has 0 unspecified atom stereocenters. The molecule has 2 aromatic rings. The molecule has 21 heavy (non-hydrogen) atoms. The minimum Gasteiger partial charge on any atom is -0.310 e. The summed E-state index contributed by atoms with van der Waals surface area (Å²) in [6.45, 7) is -0.0761. The standard InChI is InChI=1S/C9H10N6O4S2/c10-13-9-7(15(16)17)4-8(20-9)21(18,19)12-5-6-2-1-3-11-14-6/h1-4,12-13H,5,10H2. The van der Waals surface area contributed by atoms with E-state index in [1.165, 1.54) is 6.20 Å². The molecule has 0 aliphatic carbocycles. The quantitative estimate of drug-likeness (QED) is 0.386. The van der Waals surface area contributed by atoms with Gasteiger partial charge in [-0.3, -0.25) is 10.1 Å². The van der Waals surface area contributed by atoms with Crippen molar-refractivity contribution in [3.63, 3.8) is 0 Å². The SMILES string of the molecule is NNc1sc(S(=O)(=O)NCc2cccnn2)cc1[N+](=O)[O-]. The summed E-state index contributed by atoms with van der Waals surface area (Å²) in [4.78, 5) is 10.1. The zero-order valence-electron chi connectivity index (χ0n) is 10.4. The maximum Gasteiger partial charge on any atom is 0.306 e. The van der Waals surface area contributed by atoms with E-state index in [4.69, 9.17) is 5.84 Å². The molecular weight excluding hydrogens is 320 g/mol. The molecule has 0 saturated carbocycles. The maximum absolute atomic E-state index is 12.1. The number of nitrogens with one attached hydrogen (secondary N) is 2. The van der Waals surface area contributed by atoms with Crippen molar-refractivity contribution in [1.29, 1.82) is 0 Å². The Kier molecular flexibility index (Phi) is 4.42. The lowest BCUT2D eigenvalue weighted by atomic mass is 10.4. The highest BCUT2D eigenvalue weighted by Gasteiger charge is 2.25. The minimum atomic E-state index is -3.90. The molecule has 2 rings (SSSR count). The van der Waals surface area contributed by atoms with Crippen LogP contribution in [0.15, 0.2) is 28.6 Å². The minimum absolute atomic E-state index is 0.0418. The number of nitro groups is 1. The Hall–Kier alpha value is -2.15. The number of anilines is 1. The third-order valence-corrected chi connectivity index (χ3v) is 5.28. The fourth-order valence-corrected chi connectivity index (χ4v) is 3.68. The Bertz CT molecular complexity index is 745. The number of nitrogens with two attached hydrogens (primary N) is 1. The summed E-state index contributed by atoms with van der Waals surface area (Å²) in [6.07, 6.45) is 1.46. The Labute approximate surface area is 123 Å². The smallest absolute Gasteiger partial charge is 0.306 e. The Morgan fingerprint density at radius 1 is 1.48 bits per heavy atom. The van der Waals surface area contributed by atoms with Gasteiger partial charge in [-0.25, -0.2) is 19.0 Å². The van der Waals surface area contributed by atoms with Gasteiger partial charge in [0.2, 0.25) is 0 Å². The number of rotatable bonds is 6. The molecule has 0 saturated heterocycles. The van der Waals surface area contributed by atoms with Gasteiger partial charge in [-0.15, -0.1) is 0 Å². The van der Waals surface area contributed by atoms with Gasteiger partial charge in [-0.1, -0.05) is 11.3 Å². The second-order valence-electron chi connectivity index (χ2n) is 3.72. The summed E-state index contributed by atoms with van der Waals surface area (Å²) in [7, 11) is -3.90. The first kappa shape index (κ1) is 15.2. The molecule has 0 aliphatic rings. The van der Waals surface area contributed by atoms with Crippen LogP contribution in [-0.4, -0.2) is 23.5 Å². The number of sulfonamides is 1. The molecule has 0 atom stereocenters. The van der Waals surface area contributed by atoms with E-state index in [2.05, 4.69) is 20.3 Å². The average Bonchev–Trinajstić information content (AvgIpc) is 2.92. The van der Waals surface area contributed by atoms with Crippen molar-refractivity contribution in [2.45, 2.75) is 10.8 Å². The summed E-state index contributed by atoms with van der Waals surface area (Å²) in [5.41, 5.74) is 2.13. The van der Waals surface area contributed by atoms with Crippen molar-refractivity contribution in [2.75, 3.05) is 5.43 Å². The van der Waals surface area contributed by atoms with Crippen molar-refractivity contribution >= 4 is 32.0 Å². The number of hydrogen-bond acceptors (Lipinski definition) is 9. The lowest BCUT2D eigenvalue weighted by Gasteiger charge is -2.02. The van der Waals surface area contributed by atoms with Crippen LogP contribution in [0.2, 0.25) is 0 Å². The number of nitrogens with zero attached hydrogens (tertiary/aromatic N) is 3. The van der Waals surface area contributed by atoms with E-state index in [0.29, 0.717) is 17.0 Å². The van der Waals surface area contributed by atoms with Crippen LogP contribution in [0.1, 0.15) is 5.69 Å². The van der Waals surface area contributed by atoms with Gasteiger partial charge in [-0.05, 0) is 12.1 Å². The molecule has 10 nitrogen and oxygen atoms in total. The molecule has 112 valence electrons. The lowest BCUT2D eigenvalue weighted by Crippen LogP contribution is -2.23. The fraction of sp³-hybridized carbons (Fsp3) is 0.111. The second kappa shape index (κ2) is 6.09. The third-order valence-electron chi connectivity index (χ3n) is 2.35. The van der Waals surface area contributed by atoms with Crippen molar-refractivity contribution in [2.24, 2.45) is 5.84 Å². The van der Waals surface area contributed by atoms with Gasteiger partial charge in [0.05, 0.1) is 17.2 Å². The number of nitrogen functional groups attached to an aromatic ring is 1. The van der Waals surface area contributed by atoms with E-state index in [-0.39, 0.29) is 15.8 Å². The highest BCUT2D eigenvalue weighted by atomic mass is 32.2. The molecule has 0 aliphatic heterocycles. The monoisotopic (exact) mass is 330 g/mol. The zero-order chi connectivity index (χ0) is 15.5. The van der Waals surface area contributed by atoms with Crippen LogP contribution in [0.3, 0.4) is 0 Å². The molecule has 0 bridgehead atoms. The van der Waals surface area contributed by atoms with Crippen LogP contribution >= 0.6 is 11.3 Å². The van der Waals surface area contributed by atoms with Gasteiger partial charge >= 0.3 is 5.69 Å². The van der Waals surface area contributed by atoms with Crippen molar-refractivity contribution in [1.82, 2.24) is 14.9 Å². The van der Waals surface area contributed by atoms with Gasteiger partial charge in [0.25, 0.3) is 10.0 Å². The van der Waals surface area contributed by atoms with Gasteiger partial charge in [0.1, 0.15) is 4.21 Å². The van der Waals surface area contributed by atoms with Gasteiger partial charge in [0.15, 0.2) is 5.00 Å². The van der Waals surface area contributed by atoms with Gasteiger partial charge < -0.3 is 5.43 Å². The second-order valence-corrected chi connectivity index (χ2v) is 6.77. The van der Waals surface area contributed by atoms with Gasteiger partial charge in [-0.2, -0.15) is 10.2 Å². The first-order valence-corrected chi connectivity index (χ1v) is 7.75. The molecule has 12 heteroatoms. The molecule has 2 aromatic heterocycles. The topological polar surface area (TPSA) is 153 Å². The average molecular weight is 330 g/mol. The van der Waals surface area contributed by atoms with E-state index in [0.717, 1.165) is 6.07 Å². The summed E-state index contributed by atoms with van der Waals surface area (Å²) < 4.78 is 26.2. The Balaban J connectivity index is 2.22. The van der Waals surface area contributed by atoms with Crippen LogP contribution in [0, 0.1) is 10.1 Å². The lowest BCUT2D eigenvalue weighted by molar-refractivity contribution is -0.383. The molecule has 0 radical (unpaired) electrons. The number of hydrazine groups is 1. The normalized spacial score (nSPS) is 11.3. The zero-order valence-corrected chi connectivity index (χ0v) is 12.0. The molecule has 0 fully saturated rings. The molecule has 2 heterocycles. The Morgan fingerprint density at radius 2 is 2.24 bits per heavy atom. The molecular formula is C9H10N6O4S2. The molecule has 0 spiro atoms. The summed E-state index contributed by atoms with van der Waals surface area (Å²) >= 11 is 0.666. The van der Waals surface area contributed by atoms with Crippen molar-refractivity contribution in [3.05, 3.63) is 40.2 Å². The van der Waals surface area contributed by atoms with Crippen LogP contribution in [0.25, 0.3) is 0 Å². The molecule has 0 amide bonds. The van der Waals surface area contributed by atoms with E-state index in [1.54, 1.807) is 12.1 Å². The van der Waals surface area contributed by atoms with Crippen LogP contribution in [0.5, 0.6) is 0 Å². The highest BCUT2D eigenvalue weighted by molar-refractivity contribution is 7.91. The van der Waals surface area contributed by atoms with Crippen LogP contribution in [0.4, 0.5) is 10.7 Å². The molecule has 0 aromatic carbocycles. The van der Waals surface area contributed by atoms with E-state index in [1.807, 2.05) is 0 Å². The molecule has 4 N–H and O–H groups in total. The Morgan fingerprint density at radius 3 is 2.76 bits per heavy atom. The fourth-order valence-electron chi connectivity index (χ4n) is 1.40.